The number of nitrogens with zero attached hydrogens (tertiary/aromatic N) is 1. The Hall–Kier alpha value is -0.310. The summed E-state index contributed by atoms with van der Waals surface area (Å²) in [5.74, 6) is 0. The number of hydrogen-bond donors (Lipinski definition) is 1. The molecule has 3 fully saturated rings. The molecule has 1 aliphatic heterocycles. The van der Waals surface area contributed by atoms with Gasteiger partial charge >= 0.3 is 0 Å². The number of rotatable bonds is 1. The third-order valence-corrected chi connectivity index (χ3v) is 5.96. The molecule has 20 heavy (non-hydrogen) atoms. The van der Waals surface area contributed by atoms with Crippen molar-refractivity contribution >= 4 is 17.3 Å². The summed E-state index contributed by atoms with van der Waals surface area (Å²) in [4.78, 5) is 2.53. The molecule has 0 aromatic heterocycles. The minimum atomic E-state index is 0.477. The standard InChI is InChI=1S/C17H30N2S/c1-16(2)9-14-10-17(3,11-16)12-19(14)15(20)18-13-7-5-4-6-8-13/h13-14H,4-12H2,1-3H3,(H,18,20)/t14-,17+/m0/s1. The van der Waals surface area contributed by atoms with E-state index in [4.69, 9.17) is 12.2 Å². The van der Waals surface area contributed by atoms with Gasteiger partial charge in [-0.3, -0.25) is 0 Å². The molecule has 0 spiro atoms. The molecule has 1 N–H and O–H groups in total. The largest absolute Gasteiger partial charge is 0.360 e. The number of fused-ring (bicyclic) bond motifs is 2. The minimum Gasteiger partial charge on any atom is -0.360 e. The molecule has 1 heterocycles. The van der Waals surface area contributed by atoms with Gasteiger partial charge in [-0.25, -0.2) is 0 Å². The SMILES string of the molecule is CC1(C)C[C@H]2C[C@@](C)(CN2C(=S)NC2CCCCC2)C1. The molecular weight excluding hydrogens is 264 g/mol. The van der Waals surface area contributed by atoms with Crippen LogP contribution in [0.25, 0.3) is 0 Å². The molecule has 0 aromatic rings. The molecule has 2 bridgehead atoms. The van der Waals surface area contributed by atoms with Crippen LogP contribution in [-0.4, -0.2) is 28.6 Å². The summed E-state index contributed by atoms with van der Waals surface area (Å²) in [6.45, 7) is 8.49. The molecule has 3 aliphatic rings. The number of hydrogen-bond acceptors (Lipinski definition) is 1. The summed E-state index contributed by atoms with van der Waals surface area (Å²) in [6.07, 6.45) is 10.7. The molecule has 1 saturated heterocycles. The molecule has 2 atom stereocenters. The van der Waals surface area contributed by atoms with Crippen LogP contribution in [0.3, 0.4) is 0 Å². The summed E-state index contributed by atoms with van der Waals surface area (Å²) >= 11 is 5.76. The fourth-order valence-electron chi connectivity index (χ4n) is 5.20. The summed E-state index contributed by atoms with van der Waals surface area (Å²) in [6, 6.07) is 1.31. The zero-order valence-corrected chi connectivity index (χ0v) is 14.2. The van der Waals surface area contributed by atoms with Crippen LogP contribution in [0.1, 0.15) is 72.1 Å². The van der Waals surface area contributed by atoms with Gasteiger partial charge in [0.2, 0.25) is 0 Å². The van der Waals surface area contributed by atoms with Gasteiger partial charge in [0.15, 0.2) is 5.11 Å². The van der Waals surface area contributed by atoms with Crippen molar-refractivity contribution in [2.75, 3.05) is 6.54 Å². The van der Waals surface area contributed by atoms with Gasteiger partial charge in [-0.1, -0.05) is 40.0 Å². The number of likely N-dealkylation sites (tertiary alicyclic amines) is 1. The van der Waals surface area contributed by atoms with E-state index in [1.165, 1.54) is 57.9 Å². The maximum Gasteiger partial charge on any atom is 0.169 e. The van der Waals surface area contributed by atoms with Crippen molar-refractivity contribution in [3.8, 4) is 0 Å². The van der Waals surface area contributed by atoms with Crippen LogP contribution in [0.5, 0.6) is 0 Å². The Morgan fingerprint density at radius 1 is 1.10 bits per heavy atom. The molecule has 2 aliphatic carbocycles. The van der Waals surface area contributed by atoms with E-state index >= 15 is 0 Å². The van der Waals surface area contributed by atoms with Crippen LogP contribution in [0.15, 0.2) is 0 Å². The minimum absolute atomic E-state index is 0.477. The van der Waals surface area contributed by atoms with Crippen LogP contribution in [0.2, 0.25) is 0 Å². The van der Waals surface area contributed by atoms with E-state index in [-0.39, 0.29) is 0 Å². The van der Waals surface area contributed by atoms with E-state index < -0.39 is 0 Å². The predicted molar refractivity (Wildman–Crippen MR) is 88.8 cm³/mol. The first-order valence-electron chi connectivity index (χ1n) is 8.44. The van der Waals surface area contributed by atoms with Gasteiger partial charge in [0, 0.05) is 18.6 Å². The predicted octanol–water partition coefficient (Wildman–Crippen LogP) is 4.09. The van der Waals surface area contributed by atoms with E-state index in [1.54, 1.807) is 0 Å². The first-order valence-corrected chi connectivity index (χ1v) is 8.85. The van der Waals surface area contributed by atoms with Gasteiger partial charge < -0.3 is 10.2 Å². The summed E-state index contributed by atoms with van der Waals surface area (Å²) < 4.78 is 0. The van der Waals surface area contributed by atoms with Crippen LogP contribution in [0.4, 0.5) is 0 Å². The van der Waals surface area contributed by atoms with E-state index in [9.17, 15) is 0 Å². The Kier molecular flexibility index (Phi) is 3.77. The van der Waals surface area contributed by atoms with Crippen molar-refractivity contribution in [1.82, 2.24) is 10.2 Å². The third-order valence-electron chi connectivity index (χ3n) is 5.61. The lowest BCUT2D eigenvalue weighted by molar-refractivity contribution is 0.132. The second-order valence-corrected chi connectivity index (χ2v) is 9.01. The normalized spacial score (nSPS) is 37.0. The number of nitrogens with one attached hydrogen (secondary N) is 1. The second kappa shape index (κ2) is 5.15. The third kappa shape index (κ3) is 2.98. The number of thiocarbonyl (C=S) groups is 1. The van der Waals surface area contributed by atoms with E-state index in [0.29, 0.717) is 22.9 Å². The van der Waals surface area contributed by atoms with Gasteiger partial charge in [0.25, 0.3) is 0 Å². The first kappa shape index (κ1) is 14.6. The molecule has 3 heteroatoms. The van der Waals surface area contributed by atoms with Crippen molar-refractivity contribution < 1.29 is 0 Å². The van der Waals surface area contributed by atoms with Crippen molar-refractivity contribution in [2.45, 2.75) is 84.2 Å². The molecule has 3 rings (SSSR count). The molecule has 114 valence electrons. The van der Waals surface area contributed by atoms with E-state index in [1.807, 2.05) is 0 Å². The van der Waals surface area contributed by atoms with Gasteiger partial charge in [-0.2, -0.15) is 0 Å². The Bertz CT molecular complexity index is 386. The summed E-state index contributed by atoms with van der Waals surface area (Å²) in [5.41, 5.74) is 0.956. The summed E-state index contributed by atoms with van der Waals surface area (Å²) in [5, 5.41) is 4.72. The average molecular weight is 295 g/mol. The highest BCUT2D eigenvalue weighted by Gasteiger charge is 2.50. The highest BCUT2D eigenvalue weighted by molar-refractivity contribution is 7.80. The van der Waals surface area contributed by atoms with Crippen molar-refractivity contribution in [3.05, 3.63) is 0 Å². The van der Waals surface area contributed by atoms with Gasteiger partial charge in [0.1, 0.15) is 0 Å². The smallest absolute Gasteiger partial charge is 0.169 e. The van der Waals surface area contributed by atoms with Crippen molar-refractivity contribution in [3.63, 3.8) is 0 Å². The van der Waals surface area contributed by atoms with Crippen molar-refractivity contribution in [1.29, 1.82) is 0 Å². The lowest BCUT2D eigenvalue weighted by Crippen LogP contribution is -2.47. The lowest BCUT2D eigenvalue weighted by Gasteiger charge is -2.39. The fraction of sp³-hybridized carbons (Fsp3) is 0.941. The quantitative estimate of drug-likeness (QED) is 0.733. The topological polar surface area (TPSA) is 15.3 Å². The van der Waals surface area contributed by atoms with Crippen LogP contribution in [-0.2, 0) is 0 Å². The van der Waals surface area contributed by atoms with Gasteiger partial charge in [-0.05, 0) is 55.2 Å². The lowest BCUT2D eigenvalue weighted by atomic mass is 9.65. The Morgan fingerprint density at radius 2 is 1.80 bits per heavy atom. The molecule has 0 unspecified atom stereocenters. The van der Waals surface area contributed by atoms with Gasteiger partial charge in [-0.15, -0.1) is 0 Å². The second-order valence-electron chi connectivity index (χ2n) is 8.63. The Morgan fingerprint density at radius 3 is 2.50 bits per heavy atom. The maximum atomic E-state index is 5.76. The zero-order chi connectivity index (χ0) is 14.4. The van der Waals surface area contributed by atoms with Crippen LogP contribution >= 0.6 is 12.2 Å². The van der Waals surface area contributed by atoms with Crippen molar-refractivity contribution in [2.24, 2.45) is 10.8 Å². The van der Waals surface area contributed by atoms with E-state index in [0.717, 1.165) is 5.11 Å². The van der Waals surface area contributed by atoms with Crippen LogP contribution in [0, 0.1) is 10.8 Å². The fourth-order valence-corrected chi connectivity index (χ4v) is 5.58. The average Bonchev–Trinajstić information content (AvgIpc) is 2.60. The monoisotopic (exact) mass is 294 g/mol. The zero-order valence-electron chi connectivity index (χ0n) is 13.4. The first-order chi connectivity index (χ1) is 9.37. The van der Waals surface area contributed by atoms with E-state index in [2.05, 4.69) is 31.0 Å². The highest BCUT2D eigenvalue weighted by Crippen LogP contribution is 2.52. The molecule has 2 nitrogen and oxygen atoms in total. The Labute approximate surface area is 129 Å². The molecule has 0 aromatic carbocycles. The van der Waals surface area contributed by atoms with Gasteiger partial charge in [0.05, 0.1) is 0 Å². The summed E-state index contributed by atoms with van der Waals surface area (Å²) in [7, 11) is 0. The highest BCUT2D eigenvalue weighted by atomic mass is 32.1. The Balaban J connectivity index is 1.64. The van der Waals surface area contributed by atoms with Crippen LogP contribution < -0.4 is 5.32 Å². The molecule has 0 amide bonds. The molecule has 2 saturated carbocycles. The molecular formula is C17H30N2S. The maximum absolute atomic E-state index is 5.76. The molecule has 0 radical (unpaired) electrons.